The highest BCUT2D eigenvalue weighted by atomic mass is 35.5. The normalized spacial score (nSPS) is 23.6. The van der Waals surface area contributed by atoms with Crippen LogP contribution in [0.2, 0.25) is 5.02 Å². The van der Waals surface area contributed by atoms with Crippen molar-refractivity contribution >= 4 is 17.5 Å². The van der Waals surface area contributed by atoms with Gasteiger partial charge in [0, 0.05) is 35.8 Å². The second-order valence-corrected chi connectivity index (χ2v) is 8.23. The van der Waals surface area contributed by atoms with Crippen LogP contribution in [0.1, 0.15) is 46.8 Å². The zero-order valence-electron chi connectivity index (χ0n) is 16.1. The molecule has 0 spiro atoms. The summed E-state index contributed by atoms with van der Waals surface area (Å²) >= 11 is 5.99. The van der Waals surface area contributed by atoms with Gasteiger partial charge in [-0.2, -0.15) is 0 Å². The van der Waals surface area contributed by atoms with E-state index < -0.39 is 0 Å². The highest BCUT2D eigenvalue weighted by molar-refractivity contribution is 6.30. The van der Waals surface area contributed by atoms with E-state index in [0.29, 0.717) is 12.2 Å². The first-order chi connectivity index (χ1) is 13.6. The van der Waals surface area contributed by atoms with Crippen LogP contribution in [-0.4, -0.2) is 36.1 Å². The van der Waals surface area contributed by atoms with Crippen LogP contribution in [0.15, 0.2) is 48.5 Å². The number of carbonyl (C=O) groups is 1. The second-order valence-electron chi connectivity index (χ2n) is 7.80. The summed E-state index contributed by atoms with van der Waals surface area (Å²) in [4.78, 5) is 14.9. The Morgan fingerprint density at radius 1 is 1.11 bits per heavy atom. The van der Waals surface area contributed by atoms with Crippen molar-refractivity contribution in [2.75, 3.05) is 13.1 Å². The summed E-state index contributed by atoms with van der Waals surface area (Å²) in [5.74, 6) is 0.0330. The SMILES string of the molecule is Cc1cccc(C(=O)NC2CCN(C3CC(c4ccc(Cl)cc4)NN3)CC2)c1. The van der Waals surface area contributed by atoms with Crippen molar-refractivity contribution in [3.63, 3.8) is 0 Å². The molecule has 0 aromatic heterocycles. The lowest BCUT2D eigenvalue weighted by Gasteiger charge is -2.35. The third kappa shape index (κ3) is 4.55. The number of amides is 1. The van der Waals surface area contributed by atoms with Gasteiger partial charge in [-0.25, -0.2) is 10.9 Å². The summed E-state index contributed by atoms with van der Waals surface area (Å²) in [6.07, 6.45) is 3.28. The number of nitrogens with zero attached hydrogens (tertiary/aromatic N) is 1. The molecular formula is C22H27ClN4O. The van der Waals surface area contributed by atoms with E-state index in [1.165, 1.54) is 5.56 Å². The molecule has 2 saturated heterocycles. The van der Waals surface area contributed by atoms with Crippen LogP contribution in [-0.2, 0) is 0 Å². The molecule has 0 bridgehead atoms. The number of halogens is 1. The molecule has 2 aliphatic heterocycles. The van der Waals surface area contributed by atoms with Crippen LogP contribution >= 0.6 is 11.6 Å². The summed E-state index contributed by atoms with van der Waals surface area (Å²) in [5, 5.41) is 3.96. The van der Waals surface area contributed by atoms with Gasteiger partial charge in [-0.05, 0) is 56.0 Å². The number of benzene rings is 2. The molecule has 2 atom stereocenters. The van der Waals surface area contributed by atoms with E-state index >= 15 is 0 Å². The van der Waals surface area contributed by atoms with Crippen LogP contribution in [0.5, 0.6) is 0 Å². The Morgan fingerprint density at radius 3 is 2.57 bits per heavy atom. The van der Waals surface area contributed by atoms with E-state index in [9.17, 15) is 4.79 Å². The predicted octanol–water partition coefficient (Wildman–Crippen LogP) is 3.41. The van der Waals surface area contributed by atoms with Gasteiger partial charge in [-0.1, -0.05) is 41.4 Å². The van der Waals surface area contributed by atoms with E-state index in [2.05, 4.69) is 33.2 Å². The molecule has 148 valence electrons. The predicted molar refractivity (Wildman–Crippen MR) is 112 cm³/mol. The molecule has 2 unspecified atom stereocenters. The van der Waals surface area contributed by atoms with Crippen molar-refractivity contribution in [1.29, 1.82) is 0 Å². The highest BCUT2D eigenvalue weighted by Crippen LogP contribution is 2.26. The minimum absolute atomic E-state index is 0.0330. The molecule has 2 aromatic rings. The van der Waals surface area contributed by atoms with Crippen molar-refractivity contribution in [3.05, 3.63) is 70.2 Å². The van der Waals surface area contributed by atoms with Crippen LogP contribution in [0.25, 0.3) is 0 Å². The maximum absolute atomic E-state index is 12.5. The van der Waals surface area contributed by atoms with Gasteiger partial charge in [0.1, 0.15) is 0 Å². The molecule has 2 aliphatic rings. The average Bonchev–Trinajstić information content (AvgIpc) is 3.19. The molecule has 28 heavy (non-hydrogen) atoms. The first-order valence-electron chi connectivity index (χ1n) is 9.96. The van der Waals surface area contributed by atoms with Crippen LogP contribution in [0, 0.1) is 6.92 Å². The second kappa shape index (κ2) is 8.62. The van der Waals surface area contributed by atoms with Crippen molar-refractivity contribution in [1.82, 2.24) is 21.1 Å². The third-order valence-electron chi connectivity index (χ3n) is 5.74. The molecule has 2 fully saturated rings. The average molecular weight is 399 g/mol. The van der Waals surface area contributed by atoms with Crippen molar-refractivity contribution in [2.24, 2.45) is 0 Å². The molecule has 2 heterocycles. The fourth-order valence-corrected chi connectivity index (χ4v) is 4.23. The van der Waals surface area contributed by atoms with Gasteiger partial charge >= 0.3 is 0 Å². The topological polar surface area (TPSA) is 56.4 Å². The van der Waals surface area contributed by atoms with E-state index in [0.717, 1.165) is 48.5 Å². The Morgan fingerprint density at radius 2 is 1.86 bits per heavy atom. The van der Waals surface area contributed by atoms with Crippen molar-refractivity contribution in [2.45, 2.75) is 44.4 Å². The lowest BCUT2D eigenvalue weighted by molar-refractivity contribution is 0.0880. The number of carbonyl (C=O) groups excluding carboxylic acids is 1. The number of hydrazine groups is 1. The van der Waals surface area contributed by atoms with Gasteiger partial charge in [0.25, 0.3) is 5.91 Å². The summed E-state index contributed by atoms with van der Waals surface area (Å²) in [7, 11) is 0. The van der Waals surface area contributed by atoms with E-state index in [4.69, 9.17) is 11.6 Å². The lowest BCUT2D eigenvalue weighted by Crippen LogP contribution is -2.51. The van der Waals surface area contributed by atoms with Crippen molar-refractivity contribution < 1.29 is 4.79 Å². The number of piperidine rings is 1. The first kappa shape index (κ1) is 19.4. The number of hydrogen-bond donors (Lipinski definition) is 3. The molecule has 1 amide bonds. The maximum Gasteiger partial charge on any atom is 0.251 e. The monoisotopic (exact) mass is 398 g/mol. The summed E-state index contributed by atoms with van der Waals surface area (Å²) < 4.78 is 0. The minimum Gasteiger partial charge on any atom is -0.349 e. The summed E-state index contributed by atoms with van der Waals surface area (Å²) in [6.45, 7) is 3.96. The molecule has 0 radical (unpaired) electrons. The van der Waals surface area contributed by atoms with E-state index in [1.807, 2.05) is 43.3 Å². The maximum atomic E-state index is 12.5. The fourth-order valence-electron chi connectivity index (χ4n) is 4.10. The van der Waals surface area contributed by atoms with Gasteiger partial charge in [0.05, 0.1) is 6.17 Å². The van der Waals surface area contributed by atoms with E-state index in [1.54, 1.807) is 0 Å². The molecule has 0 aliphatic carbocycles. The third-order valence-corrected chi connectivity index (χ3v) is 5.99. The summed E-state index contributed by atoms with van der Waals surface area (Å²) in [5.41, 5.74) is 9.94. The number of aryl methyl sites for hydroxylation is 1. The fraction of sp³-hybridized carbons (Fsp3) is 0.409. The van der Waals surface area contributed by atoms with Gasteiger partial charge in [-0.3, -0.25) is 9.69 Å². The Labute approximate surface area is 171 Å². The van der Waals surface area contributed by atoms with Gasteiger partial charge in [0.2, 0.25) is 0 Å². The highest BCUT2D eigenvalue weighted by Gasteiger charge is 2.32. The number of nitrogens with one attached hydrogen (secondary N) is 3. The molecule has 2 aromatic carbocycles. The molecule has 3 N–H and O–H groups in total. The largest absolute Gasteiger partial charge is 0.349 e. The van der Waals surface area contributed by atoms with Crippen molar-refractivity contribution in [3.8, 4) is 0 Å². The van der Waals surface area contributed by atoms with E-state index in [-0.39, 0.29) is 11.9 Å². The number of hydrogen-bond acceptors (Lipinski definition) is 4. The Bertz CT molecular complexity index is 818. The van der Waals surface area contributed by atoms with Gasteiger partial charge in [0.15, 0.2) is 0 Å². The van der Waals surface area contributed by atoms with Gasteiger partial charge in [-0.15, -0.1) is 0 Å². The Kier molecular flexibility index (Phi) is 5.97. The Hall–Kier alpha value is -1.92. The van der Waals surface area contributed by atoms with Crippen LogP contribution < -0.4 is 16.2 Å². The molecule has 0 saturated carbocycles. The standard InChI is InChI=1S/C22H27ClN4O/c1-15-3-2-4-17(13-15)22(28)24-19-9-11-27(12-10-19)21-14-20(25-26-21)16-5-7-18(23)8-6-16/h2-8,13,19-21,25-26H,9-12,14H2,1H3,(H,24,28). The smallest absolute Gasteiger partial charge is 0.251 e. The molecular weight excluding hydrogens is 372 g/mol. The quantitative estimate of drug-likeness (QED) is 0.738. The van der Waals surface area contributed by atoms with Gasteiger partial charge < -0.3 is 5.32 Å². The zero-order valence-corrected chi connectivity index (χ0v) is 16.9. The van der Waals surface area contributed by atoms with Crippen LogP contribution in [0.3, 0.4) is 0 Å². The molecule has 4 rings (SSSR count). The Balaban J connectivity index is 1.26. The molecule has 5 nitrogen and oxygen atoms in total. The summed E-state index contributed by atoms with van der Waals surface area (Å²) in [6, 6.07) is 16.3. The first-order valence-corrected chi connectivity index (χ1v) is 10.3. The zero-order chi connectivity index (χ0) is 19.5. The minimum atomic E-state index is 0.0330. The lowest BCUT2D eigenvalue weighted by atomic mass is 10.0. The van der Waals surface area contributed by atoms with Crippen LogP contribution in [0.4, 0.5) is 0 Å². The molecule has 6 heteroatoms. The number of rotatable bonds is 4. The number of likely N-dealkylation sites (tertiary alicyclic amines) is 1.